The molecule has 2 aliphatic heterocycles. The maximum absolute atomic E-state index is 11.6. The van der Waals surface area contributed by atoms with Gasteiger partial charge in [0.15, 0.2) is 0 Å². The molecule has 0 aromatic rings. The van der Waals surface area contributed by atoms with Crippen molar-refractivity contribution < 1.29 is 4.79 Å². The lowest BCUT2D eigenvalue weighted by Gasteiger charge is -2.27. The zero-order valence-corrected chi connectivity index (χ0v) is 10.1. The van der Waals surface area contributed by atoms with Crippen molar-refractivity contribution in [2.24, 2.45) is 5.92 Å². The molecular formula is C10H20ClN3O. The van der Waals surface area contributed by atoms with Crippen molar-refractivity contribution in [3.8, 4) is 0 Å². The van der Waals surface area contributed by atoms with E-state index in [0.717, 1.165) is 32.7 Å². The SMILES string of the molecule is CN1CCN(CC2CCNCC2)C1=O.Cl. The molecule has 0 saturated carbocycles. The van der Waals surface area contributed by atoms with Gasteiger partial charge >= 0.3 is 6.03 Å². The Morgan fingerprint density at radius 2 is 2.00 bits per heavy atom. The fraction of sp³-hybridized carbons (Fsp3) is 0.900. The van der Waals surface area contributed by atoms with E-state index in [-0.39, 0.29) is 18.4 Å². The summed E-state index contributed by atoms with van der Waals surface area (Å²) >= 11 is 0. The third-order valence-electron chi connectivity index (χ3n) is 3.24. The predicted molar refractivity (Wildman–Crippen MR) is 62.4 cm³/mol. The van der Waals surface area contributed by atoms with Crippen LogP contribution in [0.1, 0.15) is 12.8 Å². The number of likely N-dealkylation sites (N-methyl/N-ethyl adjacent to an activating group) is 1. The first-order valence-corrected chi connectivity index (χ1v) is 5.48. The number of halogens is 1. The minimum Gasteiger partial charge on any atom is -0.326 e. The number of hydrogen-bond acceptors (Lipinski definition) is 2. The van der Waals surface area contributed by atoms with E-state index in [9.17, 15) is 4.79 Å². The Morgan fingerprint density at radius 1 is 1.33 bits per heavy atom. The van der Waals surface area contributed by atoms with E-state index in [1.165, 1.54) is 12.8 Å². The van der Waals surface area contributed by atoms with Crippen LogP contribution in [0.4, 0.5) is 4.79 Å². The van der Waals surface area contributed by atoms with Crippen molar-refractivity contribution in [2.75, 3.05) is 39.8 Å². The van der Waals surface area contributed by atoms with Gasteiger partial charge in [-0.3, -0.25) is 0 Å². The van der Waals surface area contributed by atoms with Crippen LogP contribution in [-0.4, -0.2) is 55.6 Å². The largest absolute Gasteiger partial charge is 0.326 e. The zero-order chi connectivity index (χ0) is 9.97. The van der Waals surface area contributed by atoms with Gasteiger partial charge in [-0.15, -0.1) is 12.4 Å². The summed E-state index contributed by atoms with van der Waals surface area (Å²) in [5.41, 5.74) is 0. The van der Waals surface area contributed by atoms with Gasteiger partial charge in [0.25, 0.3) is 0 Å². The molecule has 0 radical (unpaired) electrons. The summed E-state index contributed by atoms with van der Waals surface area (Å²) in [4.78, 5) is 15.4. The van der Waals surface area contributed by atoms with Gasteiger partial charge in [-0.05, 0) is 31.8 Å². The molecule has 0 spiro atoms. The highest BCUT2D eigenvalue weighted by molar-refractivity contribution is 5.85. The second kappa shape index (κ2) is 5.56. The fourth-order valence-corrected chi connectivity index (χ4v) is 2.25. The number of urea groups is 1. The summed E-state index contributed by atoms with van der Waals surface area (Å²) in [6, 6.07) is 0.212. The number of nitrogens with zero attached hydrogens (tertiary/aromatic N) is 2. The summed E-state index contributed by atoms with van der Waals surface area (Å²) < 4.78 is 0. The smallest absolute Gasteiger partial charge is 0.319 e. The van der Waals surface area contributed by atoms with E-state index in [2.05, 4.69) is 5.32 Å². The van der Waals surface area contributed by atoms with E-state index < -0.39 is 0 Å². The molecule has 4 nitrogen and oxygen atoms in total. The number of rotatable bonds is 2. The third kappa shape index (κ3) is 2.98. The van der Waals surface area contributed by atoms with Crippen LogP contribution in [0.15, 0.2) is 0 Å². The average Bonchev–Trinajstić information content (AvgIpc) is 2.52. The Balaban J connectivity index is 0.00000112. The van der Waals surface area contributed by atoms with Gasteiger partial charge in [0.1, 0.15) is 0 Å². The molecule has 2 amide bonds. The van der Waals surface area contributed by atoms with Crippen LogP contribution >= 0.6 is 12.4 Å². The summed E-state index contributed by atoms with van der Waals surface area (Å²) in [6.07, 6.45) is 2.43. The first-order chi connectivity index (χ1) is 6.77. The Morgan fingerprint density at radius 3 is 2.53 bits per heavy atom. The maximum Gasteiger partial charge on any atom is 0.319 e. The summed E-state index contributed by atoms with van der Waals surface area (Å²) in [7, 11) is 1.88. The Labute approximate surface area is 97.4 Å². The van der Waals surface area contributed by atoms with E-state index in [1.807, 2.05) is 11.9 Å². The molecule has 0 aliphatic carbocycles. The highest BCUT2D eigenvalue weighted by Crippen LogP contribution is 2.16. The molecule has 0 atom stereocenters. The molecule has 88 valence electrons. The molecule has 0 bridgehead atoms. The van der Waals surface area contributed by atoms with Crippen LogP contribution in [-0.2, 0) is 0 Å². The van der Waals surface area contributed by atoms with E-state index >= 15 is 0 Å². The molecule has 5 heteroatoms. The molecule has 0 aromatic carbocycles. The van der Waals surface area contributed by atoms with E-state index in [4.69, 9.17) is 0 Å². The molecule has 2 saturated heterocycles. The van der Waals surface area contributed by atoms with Crippen LogP contribution in [0.25, 0.3) is 0 Å². The Bertz CT molecular complexity index is 219. The quantitative estimate of drug-likeness (QED) is 0.765. The lowest BCUT2D eigenvalue weighted by Crippen LogP contribution is -2.38. The van der Waals surface area contributed by atoms with Crippen molar-refractivity contribution >= 4 is 18.4 Å². The van der Waals surface area contributed by atoms with Crippen molar-refractivity contribution in [2.45, 2.75) is 12.8 Å². The number of amides is 2. The van der Waals surface area contributed by atoms with Gasteiger partial charge in [0.05, 0.1) is 0 Å². The first kappa shape index (κ1) is 12.6. The minimum absolute atomic E-state index is 0. The zero-order valence-electron chi connectivity index (χ0n) is 9.24. The second-order valence-corrected chi connectivity index (χ2v) is 4.34. The van der Waals surface area contributed by atoms with Crippen molar-refractivity contribution in [3.63, 3.8) is 0 Å². The van der Waals surface area contributed by atoms with Gasteiger partial charge in [-0.25, -0.2) is 4.79 Å². The first-order valence-electron chi connectivity index (χ1n) is 5.48. The monoisotopic (exact) mass is 233 g/mol. The highest BCUT2D eigenvalue weighted by atomic mass is 35.5. The van der Waals surface area contributed by atoms with Crippen LogP contribution in [0.2, 0.25) is 0 Å². The molecule has 0 unspecified atom stereocenters. The normalized spacial score (nSPS) is 23.1. The molecule has 2 fully saturated rings. The van der Waals surface area contributed by atoms with E-state index in [1.54, 1.807) is 4.90 Å². The third-order valence-corrected chi connectivity index (χ3v) is 3.24. The lowest BCUT2D eigenvalue weighted by atomic mass is 9.98. The minimum atomic E-state index is 0. The number of carbonyl (C=O) groups is 1. The van der Waals surface area contributed by atoms with Gasteiger partial charge in [-0.2, -0.15) is 0 Å². The van der Waals surface area contributed by atoms with Crippen molar-refractivity contribution in [1.82, 2.24) is 15.1 Å². The Kier molecular flexibility index (Phi) is 4.67. The number of hydrogen-bond donors (Lipinski definition) is 1. The molecular weight excluding hydrogens is 214 g/mol. The standard InChI is InChI=1S/C10H19N3O.ClH/c1-12-6-7-13(10(12)14)8-9-2-4-11-5-3-9;/h9,11H,2-8H2,1H3;1H. The van der Waals surface area contributed by atoms with Gasteiger partial charge in [-0.1, -0.05) is 0 Å². The number of nitrogens with one attached hydrogen (secondary N) is 1. The van der Waals surface area contributed by atoms with Gasteiger partial charge in [0.2, 0.25) is 0 Å². The second-order valence-electron chi connectivity index (χ2n) is 4.34. The van der Waals surface area contributed by atoms with Crippen LogP contribution < -0.4 is 5.32 Å². The van der Waals surface area contributed by atoms with Gasteiger partial charge in [0, 0.05) is 26.7 Å². The molecule has 2 aliphatic rings. The number of carbonyl (C=O) groups excluding carboxylic acids is 1. The molecule has 0 aromatic heterocycles. The van der Waals surface area contributed by atoms with Crippen molar-refractivity contribution in [3.05, 3.63) is 0 Å². The summed E-state index contributed by atoms with van der Waals surface area (Å²) in [6.45, 7) is 5.00. The van der Waals surface area contributed by atoms with Gasteiger partial charge < -0.3 is 15.1 Å². The molecule has 15 heavy (non-hydrogen) atoms. The fourth-order valence-electron chi connectivity index (χ4n) is 2.25. The average molecular weight is 234 g/mol. The number of piperidine rings is 1. The predicted octanol–water partition coefficient (Wildman–Crippen LogP) is 0.775. The summed E-state index contributed by atoms with van der Waals surface area (Å²) in [5, 5.41) is 3.35. The molecule has 2 rings (SSSR count). The van der Waals surface area contributed by atoms with Crippen LogP contribution in [0.5, 0.6) is 0 Å². The van der Waals surface area contributed by atoms with Crippen LogP contribution in [0, 0.1) is 5.92 Å². The Hall–Kier alpha value is -0.480. The van der Waals surface area contributed by atoms with E-state index in [0.29, 0.717) is 5.92 Å². The molecule has 1 N–H and O–H groups in total. The topological polar surface area (TPSA) is 35.6 Å². The maximum atomic E-state index is 11.6. The lowest BCUT2D eigenvalue weighted by molar-refractivity contribution is 0.186. The van der Waals surface area contributed by atoms with Crippen molar-refractivity contribution in [1.29, 1.82) is 0 Å². The van der Waals surface area contributed by atoms with Crippen LogP contribution in [0.3, 0.4) is 0 Å². The highest BCUT2D eigenvalue weighted by Gasteiger charge is 2.27. The molecule has 2 heterocycles. The summed E-state index contributed by atoms with van der Waals surface area (Å²) in [5.74, 6) is 0.715.